The number of aliphatic hydroxyl groups is 1. The van der Waals surface area contributed by atoms with Crippen LogP contribution in [0.1, 0.15) is 39.5 Å². The summed E-state index contributed by atoms with van der Waals surface area (Å²) in [7, 11) is 1.49. The molecule has 1 N–H and O–H groups in total. The van der Waals surface area contributed by atoms with Gasteiger partial charge in [0.2, 0.25) is 0 Å². The zero-order valence-electron chi connectivity index (χ0n) is 19.1. The average Bonchev–Trinajstić information content (AvgIpc) is 3.36. The molecule has 1 amide bonds. The van der Waals surface area contributed by atoms with E-state index in [0.29, 0.717) is 22.6 Å². The van der Waals surface area contributed by atoms with Gasteiger partial charge in [-0.1, -0.05) is 51.5 Å². The minimum absolute atomic E-state index is 0.0869. The molecule has 1 fully saturated rings. The predicted octanol–water partition coefficient (Wildman–Crippen LogP) is 5.03. The Bertz CT molecular complexity index is 1350. The molecular formula is C25H21BrN2O6S. The van der Waals surface area contributed by atoms with Gasteiger partial charge in [0.15, 0.2) is 5.13 Å². The van der Waals surface area contributed by atoms with Crippen LogP contribution in [-0.4, -0.2) is 41.5 Å². The Morgan fingerprint density at radius 2 is 1.91 bits per heavy atom. The molecule has 1 atom stereocenters. The van der Waals surface area contributed by atoms with Gasteiger partial charge in [0, 0.05) is 10.0 Å². The Balaban J connectivity index is 1.91. The first-order chi connectivity index (χ1) is 16.8. The number of aliphatic hydroxyl groups excluding tert-OH is 1. The maximum absolute atomic E-state index is 13.3. The summed E-state index contributed by atoms with van der Waals surface area (Å²) in [5.41, 5.74) is 1.21. The van der Waals surface area contributed by atoms with Gasteiger partial charge in [0.05, 0.1) is 31.0 Å². The van der Waals surface area contributed by atoms with Crippen LogP contribution in [-0.2, 0) is 14.3 Å². The summed E-state index contributed by atoms with van der Waals surface area (Å²) in [5, 5.41) is 11.4. The van der Waals surface area contributed by atoms with Crippen LogP contribution in [0, 0.1) is 6.92 Å². The van der Waals surface area contributed by atoms with E-state index in [1.165, 1.54) is 12.0 Å². The number of aromatic nitrogens is 1. The number of anilines is 1. The third-order valence-corrected chi connectivity index (χ3v) is 7.09. The molecule has 10 heteroatoms. The maximum atomic E-state index is 13.3. The van der Waals surface area contributed by atoms with Crippen LogP contribution in [0.25, 0.3) is 5.76 Å². The number of esters is 1. The molecule has 0 bridgehead atoms. The van der Waals surface area contributed by atoms with Crippen molar-refractivity contribution in [2.45, 2.75) is 19.9 Å². The van der Waals surface area contributed by atoms with Crippen molar-refractivity contribution in [3.05, 3.63) is 80.3 Å². The molecule has 1 aliphatic rings. The van der Waals surface area contributed by atoms with E-state index >= 15 is 0 Å². The molecule has 0 radical (unpaired) electrons. The smallest absolute Gasteiger partial charge is 0.350 e. The van der Waals surface area contributed by atoms with E-state index in [4.69, 9.17) is 9.47 Å². The molecule has 1 unspecified atom stereocenters. The van der Waals surface area contributed by atoms with E-state index in [1.807, 2.05) is 0 Å². The zero-order valence-corrected chi connectivity index (χ0v) is 21.5. The van der Waals surface area contributed by atoms with Crippen molar-refractivity contribution in [3.8, 4) is 5.75 Å². The number of hydrogen-bond donors (Lipinski definition) is 1. The number of ether oxygens (including phenoxy) is 2. The van der Waals surface area contributed by atoms with Gasteiger partial charge in [-0.2, -0.15) is 0 Å². The number of amides is 1. The highest BCUT2D eigenvalue weighted by atomic mass is 79.9. The highest BCUT2D eigenvalue weighted by Gasteiger charge is 2.48. The fraction of sp³-hybridized carbons (Fsp3) is 0.200. The number of carbonyl (C=O) groups excluding carboxylic acids is 3. The van der Waals surface area contributed by atoms with Gasteiger partial charge in [0.1, 0.15) is 16.4 Å². The molecule has 0 saturated carbocycles. The third kappa shape index (κ3) is 4.59. The monoisotopic (exact) mass is 556 g/mol. The fourth-order valence-corrected chi connectivity index (χ4v) is 5.04. The molecule has 0 aliphatic carbocycles. The Kier molecular flexibility index (Phi) is 7.04. The van der Waals surface area contributed by atoms with Crippen LogP contribution >= 0.6 is 27.3 Å². The normalized spacial score (nSPS) is 17.0. The van der Waals surface area contributed by atoms with Crippen LogP contribution < -0.4 is 9.64 Å². The number of halogens is 1. The van der Waals surface area contributed by atoms with Gasteiger partial charge in [0.25, 0.3) is 5.78 Å². The maximum Gasteiger partial charge on any atom is 0.350 e. The lowest BCUT2D eigenvalue weighted by Crippen LogP contribution is -2.29. The molecule has 1 aliphatic heterocycles. The molecule has 180 valence electrons. The fourth-order valence-electron chi connectivity index (χ4n) is 3.79. The first-order valence-electron chi connectivity index (χ1n) is 10.6. The van der Waals surface area contributed by atoms with Crippen LogP contribution in [0.4, 0.5) is 5.13 Å². The lowest BCUT2D eigenvalue weighted by Gasteiger charge is -2.23. The summed E-state index contributed by atoms with van der Waals surface area (Å²) < 4.78 is 11.1. The van der Waals surface area contributed by atoms with Crippen molar-refractivity contribution < 1.29 is 29.0 Å². The number of nitrogens with zero attached hydrogens (tertiary/aromatic N) is 2. The lowest BCUT2D eigenvalue weighted by atomic mass is 9.95. The molecule has 0 spiro atoms. The first-order valence-corrected chi connectivity index (χ1v) is 12.2. The number of methoxy groups -OCH3 is 1. The molecule has 1 saturated heterocycles. The van der Waals surface area contributed by atoms with Crippen molar-refractivity contribution >= 4 is 55.8 Å². The summed E-state index contributed by atoms with van der Waals surface area (Å²) in [6.45, 7) is 3.52. The van der Waals surface area contributed by atoms with E-state index in [2.05, 4.69) is 20.9 Å². The van der Waals surface area contributed by atoms with Crippen LogP contribution in [0.3, 0.4) is 0 Å². The van der Waals surface area contributed by atoms with Gasteiger partial charge in [-0.05, 0) is 43.7 Å². The van der Waals surface area contributed by atoms with Crippen molar-refractivity contribution in [2.75, 3.05) is 18.6 Å². The summed E-state index contributed by atoms with van der Waals surface area (Å²) in [6.07, 6.45) is 0. The predicted molar refractivity (Wildman–Crippen MR) is 135 cm³/mol. The quantitative estimate of drug-likeness (QED) is 0.196. The minimum atomic E-state index is -0.963. The molecule has 2 heterocycles. The molecule has 2 aromatic carbocycles. The number of ketones is 1. The standard InChI is InChI=1S/C25H21BrN2O6S/c1-4-34-24(32)22-13(2)27-25(35-22)28-19(14-8-10-16(26)11-9-14)18(21(30)23(28)31)20(29)15-6-5-7-17(12-15)33-3/h5-12,19,29H,4H2,1-3H3. The highest BCUT2D eigenvalue weighted by Crippen LogP contribution is 2.44. The largest absolute Gasteiger partial charge is 0.507 e. The summed E-state index contributed by atoms with van der Waals surface area (Å²) in [4.78, 5) is 44.8. The van der Waals surface area contributed by atoms with Gasteiger partial charge in [-0.3, -0.25) is 14.5 Å². The minimum Gasteiger partial charge on any atom is -0.507 e. The topological polar surface area (TPSA) is 106 Å². The highest BCUT2D eigenvalue weighted by molar-refractivity contribution is 9.10. The van der Waals surface area contributed by atoms with E-state index in [-0.39, 0.29) is 27.9 Å². The molecule has 1 aromatic heterocycles. The SMILES string of the molecule is CCOC(=O)c1sc(N2C(=O)C(=O)C(=C(O)c3cccc(OC)c3)C2c2ccc(Br)cc2)nc1C. The summed E-state index contributed by atoms with van der Waals surface area (Å²) in [5.74, 6) is -2.12. The van der Waals surface area contributed by atoms with E-state index in [0.717, 1.165) is 15.8 Å². The van der Waals surface area contributed by atoms with Gasteiger partial charge in [-0.25, -0.2) is 9.78 Å². The molecule has 4 rings (SSSR count). The third-order valence-electron chi connectivity index (χ3n) is 5.43. The number of aryl methyl sites for hydroxylation is 1. The van der Waals surface area contributed by atoms with Crippen LogP contribution in [0.5, 0.6) is 5.75 Å². The number of rotatable bonds is 6. The summed E-state index contributed by atoms with van der Waals surface area (Å²) in [6, 6.07) is 12.7. The lowest BCUT2D eigenvalue weighted by molar-refractivity contribution is -0.132. The van der Waals surface area contributed by atoms with Crippen molar-refractivity contribution in [2.24, 2.45) is 0 Å². The number of hydrogen-bond acceptors (Lipinski definition) is 8. The van der Waals surface area contributed by atoms with Crippen molar-refractivity contribution in [1.29, 1.82) is 0 Å². The molecular weight excluding hydrogens is 536 g/mol. The Labute approximate surface area is 213 Å². The van der Waals surface area contributed by atoms with E-state index in [1.54, 1.807) is 62.4 Å². The van der Waals surface area contributed by atoms with Crippen LogP contribution in [0.15, 0.2) is 58.6 Å². The molecule has 3 aromatic rings. The van der Waals surface area contributed by atoms with Crippen molar-refractivity contribution in [3.63, 3.8) is 0 Å². The first kappa shape index (κ1) is 24.6. The number of carbonyl (C=O) groups is 3. The second-order valence-electron chi connectivity index (χ2n) is 7.58. The molecule has 8 nitrogen and oxygen atoms in total. The summed E-state index contributed by atoms with van der Waals surface area (Å²) >= 11 is 4.36. The Hall–Kier alpha value is -3.50. The average molecular weight is 557 g/mol. The van der Waals surface area contributed by atoms with Gasteiger partial charge < -0.3 is 14.6 Å². The van der Waals surface area contributed by atoms with Gasteiger partial charge in [-0.15, -0.1) is 0 Å². The van der Waals surface area contributed by atoms with E-state index < -0.39 is 23.7 Å². The van der Waals surface area contributed by atoms with Crippen LogP contribution in [0.2, 0.25) is 0 Å². The Morgan fingerprint density at radius 3 is 2.57 bits per heavy atom. The molecule has 35 heavy (non-hydrogen) atoms. The zero-order chi connectivity index (χ0) is 25.3. The second kappa shape index (κ2) is 10.0. The number of benzene rings is 2. The number of thiazole rings is 1. The second-order valence-corrected chi connectivity index (χ2v) is 9.48. The van der Waals surface area contributed by atoms with E-state index in [9.17, 15) is 19.5 Å². The number of Topliss-reactive ketones (excluding diaryl/α,β-unsaturated/α-hetero) is 1. The van der Waals surface area contributed by atoms with Gasteiger partial charge >= 0.3 is 11.9 Å². The Morgan fingerprint density at radius 1 is 1.20 bits per heavy atom. The van der Waals surface area contributed by atoms with Crippen molar-refractivity contribution in [1.82, 2.24) is 4.98 Å².